The van der Waals surface area contributed by atoms with E-state index in [1.807, 2.05) is 0 Å². The van der Waals surface area contributed by atoms with Crippen molar-refractivity contribution in [1.82, 2.24) is 19.9 Å². The number of halogens is 3. The van der Waals surface area contributed by atoms with Gasteiger partial charge in [-0.15, -0.1) is 0 Å². The number of ether oxygens (including phenoxy) is 1. The van der Waals surface area contributed by atoms with E-state index in [0.717, 1.165) is 38.1 Å². The number of carbonyl (C=O) groups excluding carboxylic acids is 1. The van der Waals surface area contributed by atoms with Gasteiger partial charge in [0.25, 0.3) is 0 Å². The Balaban J connectivity index is 1.32. The lowest BCUT2D eigenvalue weighted by Crippen LogP contribution is -2.30. The average Bonchev–Trinajstić information content (AvgIpc) is 2.93. The number of piperidine rings is 1. The summed E-state index contributed by atoms with van der Waals surface area (Å²) in [7, 11) is 0. The first-order chi connectivity index (χ1) is 19.2. The Morgan fingerprint density at radius 1 is 1.07 bits per heavy atom. The van der Waals surface area contributed by atoms with Gasteiger partial charge in [-0.2, -0.15) is 13.2 Å². The molecule has 2 amide bonds. The maximum absolute atomic E-state index is 13.4. The van der Waals surface area contributed by atoms with Crippen molar-refractivity contribution in [2.45, 2.75) is 19.0 Å². The second-order valence-corrected chi connectivity index (χ2v) is 9.35. The fourth-order valence-corrected chi connectivity index (χ4v) is 4.49. The van der Waals surface area contributed by atoms with Gasteiger partial charge in [0, 0.05) is 23.6 Å². The van der Waals surface area contributed by atoms with E-state index in [9.17, 15) is 22.8 Å². The number of carbonyl (C=O) groups is 1. The number of hydrogen-bond acceptors (Lipinski definition) is 7. The summed E-state index contributed by atoms with van der Waals surface area (Å²) in [6.07, 6.45) is 0.0138. The predicted molar refractivity (Wildman–Crippen MR) is 145 cm³/mol. The zero-order valence-corrected chi connectivity index (χ0v) is 21.2. The van der Waals surface area contributed by atoms with Crippen molar-refractivity contribution in [3.05, 3.63) is 76.8 Å². The molecular formula is C27H26F3N7O3. The van der Waals surface area contributed by atoms with Crippen LogP contribution in [0.15, 0.2) is 65.8 Å². The summed E-state index contributed by atoms with van der Waals surface area (Å²) >= 11 is 0. The van der Waals surface area contributed by atoms with E-state index >= 15 is 0 Å². The topological polar surface area (TPSA) is 136 Å². The molecule has 13 heteroatoms. The van der Waals surface area contributed by atoms with Crippen molar-refractivity contribution >= 4 is 34.3 Å². The van der Waals surface area contributed by atoms with Crippen LogP contribution in [0.2, 0.25) is 0 Å². The minimum absolute atomic E-state index is 0.0630. The fourth-order valence-electron chi connectivity index (χ4n) is 4.49. The van der Waals surface area contributed by atoms with Gasteiger partial charge >= 0.3 is 12.2 Å². The minimum atomic E-state index is -4.59. The summed E-state index contributed by atoms with van der Waals surface area (Å²) < 4.78 is 47.6. The third kappa shape index (κ3) is 5.99. The van der Waals surface area contributed by atoms with E-state index in [2.05, 4.69) is 25.9 Å². The van der Waals surface area contributed by atoms with Crippen LogP contribution in [0.4, 0.5) is 35.2 Å². The first-order valence-corrected chi connectivity index (χ1v) is 12.5. The number of amides is 2. The Morgan fingerprint density at radius 2 is 1.82 bits per heavy atom. The Kier molecular flexibility index (Phi) is 7.56. The lowest BCUT2D eigenvalue weighted by atomic mass is 9.99. The van der Waals surface area contributed by atoms with Crippen molar-refractivity contribution in [1.29, 1.82) is 0 Å². The van der Waals surface area contributed by atoms with Crippen LogP contribution in [-0.4, -0.2) is 40.3 Å². The van der Waals surface area contributed by atoms with Gasteiger partial charge in [-0.3, -0.25) is 4.79 Å². The summed E-state index contributed by atoms with van der Waals surface area (Å²) in [5.74, 6) is 0.489. The van der Waals surface area contributed by atoms with Gasteiger partial charge in [-0.25, -0.2) is 14.8 Å². The molecule has 10 nitrogen and oxygen atoms in total. The number of pyridine rings is 1. The first-order valence-electron chi connectivity index (χ1n) is 12.5. The van der Waals surface area contributed by atoms with Crippen LogP contribution >= 0.6 is 0 Å². The number of benzene rings is 2. The van der Waals surface area contributed by atoms with E-state index in [0.29, 0.717) is 23.6 Å². The molecule has 0 saturated carbocycles. The van der Waals surface area contributed by atoms with Crippen molar-refractivity contribution in [3.63, 3.8) is 0 Å². The molecule has 4 aromatic rings. The third-order valence-corrected chi connectivity index (χ3v) is 6.60. The molecule has 0 atom stereocenters. The highest BCUT2D eigenvalue weighted by Crippen LogP contribution is 2.35. The zero-order chi connectivity index (χ0) is 28.3. The standard InChI is InChI=1S/C27H26F3N7O3/c28-27(29,30)17-1-6-22(40-14-16-7-10-32-11-8-16)20(13-17)36-26(39)35-18-2-4-19(5-3-18)37-12-9-21(38)23-24(31)33-15-34-25(23)37/h1-6,9,12-13,15-16,32H,7-8,10-11,14H2,(H2,31,33,34)(H2,35,36,39). The molecule has 40 heavy (non-hydrogen) atoms. The van der Waals surface area contributed by atoms with Crippen molar-refractivity contribution in [3.8, 4) is 11.4 Å². The normalized spacial score (nSPS) is 14.2. The van der Waals surface area contributed by atoms with E-state index in [1.165, 1.54) is 18.5 Å². The summed E-state index contributed by atoms with van der Waals surface area (Å²) in [5, 5.41) is 8.54. The van der Waals surface area contributed by atoms with Crippen molar-refractivity contribution in [2.75, 3.05) is 36.1 Å². The van der Waals surface area contributed by atoms with Gasteiger partial charge in [-0.1, -0.05) is 0 Å². The van der Waals surface area contributed by atoms with Crippen LogP contribution in [0.1, 0.15) is 18.4 Å². The zero-order valence-electron chi connectivity index (χ0n) is 21.2. The van der Waals surface area contributed by atoms with Crippen LogP contribution in [0.5, 0.6) is 5.75 Å². The number of urea groups is 1. The van der Waals surface area contributed by atoms with Crippen LogP contribution < -0.4 is 31.8 Å². The molecule has 0 radical (unpaired) electrons. The SMILES string of the molecule is Nc1ncnc2c1c(=O)ccn2-c1ccc(NC(=O)Nc2cc(C(F)(F)F)ccc2OCC2CCNCC2)cc1. The highest BCUT2D eigenvalue weighted by Gasteiger charge is 2.31. The molecule has 3 heterocycles. The van der Waals surface area contributed by atoms with Gasteiger partial charge in [0.1, 0.15) is 23.3 Å². The monoisotopic (exact) mass is 553 g/mol. The third-order valence-electron chi connectivity index (χ3n) is 6.60. The van der Waals surface area contributed by atoms with E-state index in [-0.39, 0.29) is 34.0 Å². The molecule has 2 aromatic heterocycles. The Labute approximate surface area is 226 Å². The fraction of sp³-hybridized carbons (Fsp3) is 0.259. The van der Waals surface area contributed by atoms with Gasteiger partial charge in [0.05, 0.1) is 17.9 Å². The lowest BCUT2D eigenvalue weighted by Gasteiger charge is -2.23. The van der Waals surface area contributed by atoms with Crippen molar-refractivity contribution in [2.24, 2.45) is 5.92 Å². The van der Waals surface area contributed by atoms with Gasteiger partial charge in [-0.05, 0) is 74.3 Å². The number of fused-ring (bicyclic) bond motifs is 1. The van der Waals surface area contributed by atoms with Gasteiger partial charge in [0.15, 0.2) is 11.1 Å². The molecule has 5 rings (SSSR count). The number of rotatable bonds is 6. The second-order valence-electron chi connectivity index (χ2n) is 9.35. The maximum Gasteiger partial charge on any atom is 0.416 e. The van der Waals surface area contributed by atoms with Crippen LogP contribution in [-0.2, 0) is 6.18 Å². The number of anilines is 3. The largest absolute Gasteiger partial charge is 0.491 e. The van der Waals surface area contributed by atoms with E-state index in [1.54, 1.807) is 35.0 Å². The molecule has 1 aliphatic rings. The Morgan fingerprint density at radius 3 is 2.55 bits per heavy atom. The van der Waals surface area contributed by atoms with Gasteiger partial charge < -0.3 is 31.0 Å². The molecule has 1 aliphatic heterocycles. The molecule has 0 aliphatic carbocycles. The highest BCUT2D eigenvalue weighted by atomic mass is 19.4. The average molecular weight is 554 g/mol. The summed E-state index contributed by atoms with van der Waals surface area (Å²) in [6, 6.07) is 10.2. The number of aromatic nitrogens is 3. The minimum Gasteiger partial charge on any atom is -0.491 e. The smallest absolute Gasteiger partial charge is 0.416 e. The van der Waals surface area contributed by atoms with Crippen molar-refractivity contribution < 1.29 is 22.7 Å². The molecule has 0 unspecified atom stereocenters. The van der Waals surface area contributed by atoms with E-state index in [4.69, 9.17) is 10.5 Å². The van der Waals surface area contributed by atoms with E-state index < -0.39 is 17.8 Å². The quantitative estimate of drug-likeness (QED) is 0.278. The number of alkyl halides is 3. The van der Waals surface area contributed by atoms with Crippen LogP contribution in [0.3, 0.4) is 0 Å². The highest BCUT2D eigenvalue weighted by molar-refractivity contribution is 6.00. The predicted octanol–water partition coefficient (Wildman–Crippen LogP) is 4.40. The van der Waals surface area contributed by atoms with Gasteiger partial charge in [0.2, 0.25) is 0 Å². The van der Waals surface area contributed by atoms with Crippen LogP contribution in [0, 0.1) is 5.92 Å². The molecule has 1 saturated heterocycles. The molecule has 2 aromatic carbocycles. The maximum atomic E-state index is 13.4. The summed E-state index contributed by atoms with van der Waals surface area (Å²) in [4.78, 5) is 33.0. The number of hydrogen-bond donors (Lipinski definition) is 4. The Bertz CT molecular complexity index is 1580. The second kappa shape index (κ2) is 11.2. The van der Waals surface area contributed by atoms with Crippen LogP contribution in [0.25, 0.3) is 16.7 Å². The molecule has 0 bridgehead atoms. The summed E-state index contributed by atoms with van der Waals surface area (Å²) in [5.41, 5.74) is 5.87. The summed E-state index contributed by atoms with van der Waals surface area (Å²) in [6.45, 7) is 2.04. The molecule has 1 fully saturated rings. The number of nitrogens with one attached hydrogen (secondary N) is 3. The molecular weight excluding hydrogens is 527 g/mol. The first kappa shape index (κ1) is 26.9. The molecule has 208 valence electrons. The number of nitrogen functional groups attached to an aromatic ring is 1. The number of nitrogens with zero attached hydrogens (tertiary/aromatic N) is 3. The lowest BCUT2D eigenvalue weighted by molar-refractivity contribution is -0.137. The molecule has 5 N–H and O–H groups in total. The number of nitrogens with two attached hydrogens (primary N) is 1. The Hall–Kier alpha value is -4.65. The molecule has 0 spiro atoms.